The molecule has 0 saturated carbocycles. The smallest absolute Gasteiger partial charge is 0.164 e. The fourth-order valence-corrected chi connectivity index (χ4v) is 9.57. The zero-order valence-corrected chi connectivity index (χ0v) is 31.9. The van der Waals surface area contributed by atoms with E-state index < -0.39 is 5.41 Å². The van der Waals surface area contributed by atoms with Crippen LogP contribution in [0, 0.1) is 0 Å². The Morgan fingerprint density at radius 2 is 0.712 bits per heavy atom. The normalized spacial score (nSPS) is 12.9. The monoisotopic (exact) mass is 750 g/mol. The van der Waals surface area contributed by atoms with E-state index in [1.807, 2.05) is 60.7 Å². The van der Waals surface area contributed by atoms with Crippen molar-refractivity contribution < 1.29 is 0 Å². The van der Waals surface area contributed by atoms with Gasteiger partial charge in [-0.1, -0.05) is 182 Å². The zero-order valence-electron chi connectivity index (χ0n) is 31.9. The quantitative estimate of drug-likeness (QED) is 0.176. The molecular weight excluding hydrogens is 717 g/mol. The molecule has 10 aromatic rings. The average Bonchev–Trinajstić information content (AvgIpc) is 3.78. The molecule has 0 fully saturated rings. The van der Waals surface area contributed by atoms with Gasteiger partial charge in [0.2, 0.25) is 0 Å². The van der Waals surface area contributed by atoms with Gasteiger partial charge >= 0.3 is 0 Å². The summed E-state index contributed by atoms with van der Waals surface area (Å²) in [5, 5.41) is 1.12. The van der Waals surface area contributed by atoms with Gasteiger partial charge in [0.1, 0.15) is 0 Å². The average molecular weight is 751 g/mol. The van der Waals surface area contributed by atoms with E-state index >= 15 is 0 Å². The maximum atomic E-state index is 5.55. The summed E-state index contributed by atoms with van der Waals surface area (Å²) in [6.45, 7) is 0. The SMILES string of the molecule is c1ccc(-c2nc(-c3ccccc3)nc(-c3cccc(-c4cc(-c5ccccc5)c5cc6c(cc5n4)C4(c5ccccc5-c5ccccc54)c4ccccc4-6)c3)n2)cc1. The Morgan fingerprint density at radius 3 is 1.27 bits per heavy atom. The lowest BCUT2D eigenvalue weighted by Gasteiger charge is -2.30. The molecule has 0 radical (unpaired) electrons. The Kier molecular flexibility index (Phi) is 7.41. The van der Waals surface area contributed by atoms with Gasteiger partial charge in [-0.2, -0.15) is 0 Å². The Balaban J connectivity index is 1.08. The van der Waals surface area contributed by atoms with Crippen LogP contribution in [0.25, 0.3) is 89.7 Å². The number of fused-ring (bicyclic) bond motifs is 11. The molecule has 2 aliphatic carbocycles. The van der Waals surface area contributed by atoms with Crippen LogP contribution in [0.1, 0.15) is 22.3 Å². The fraction of sp³-hybridized carbons (Fsp3) is 0.0182. The van der Waals surface area contributed by atoms with E-state index in [0.717, 1.165) is 50.0 Å². The molecular formula is C55H34N4. The second kappa shape index (κ2) is 13.1. The first-order valence-corrected chi connectivity index (χ1v) is 20.1. The minimum absolute atomic E-state index is 0.455. The van der Waals surface area contributed by atoms with Crippen molar-refractivity contribution in [3.8, 4) is 78.8 Å². The van der Waals surface area contributed by atoms with E-state index in [1.54, 1.807) is 0 Å². The van der Waals surface area contributed by atoms with Crippen molar-refractivity contribution in [2.24, 2.45) is 0 Å². The number of rotatable bonds is 5. The minimum Gasteiger partial charge on any atom is -0.248 e. The number of aromatic nitrogens is 4. The molecule has 12 rings (SSSR count). The van der Waals surface area contributed by atoms with Crippen LogP contribution in [-0.4, -0.2) is 19.9 Å². The van der Waals surface area contributed by atoms with Crippen molar-refractivity contribution in [3.05, 3.63) is 229 Å². The largest absolute Gasteiger partial charge is 0.248 e. The lowest BCUT2D eigenvalue weighted by Crippen LogP contribution is -2.25. The highest BCUT2D eigenvalue weighted by atomic mass is 15.0. The van der Waals surface area contributed by atoms with Crippen LogP contribution in [0.2, 0.25) is 0 Å². The number of benzene rings is 8. The van der Waals surface area contributed by atoms with Crippen molar-refractivity contribution in [1.29, 1.82) is 0 Å². The van der Waals surface area contributed by atoms with Gasteiger partial charge in [0.05, 0.1) is 16.6 Å². The fourth-order valence-electron chi connectivity index (χ4n) is 9.57. The highest BCUT2D eigenvalue weighted by molar-refractivity contribution is 6.04. The molecule has 4 nitrogen and oxygen atoms in total. The number of hydrogen-bond acceptors (Lipinski definition) is 4. The minimum atomic E-state index is -0.455. The molecule has 59 heavy (non-hydrogen) atoms. The van der Waals surface area contributed by atoms with E-state index in [4.69, 9.17) is 19.9 Å². The zero-order chi connectivity index (χ0) is 38.9. The van der Waals surface area contributed by atoms with Gasteiger partial charge in [-0.25, -0.2) is 19.9 Å². The van der Waals surface area contributed by atoms with Gasteiger partial charge in [0.15, 0.2) is 17.5 Å². The first kappa shape index (κ1) is 33.3. The molecule has 4 heteroatoms. The second-order valence-corrected chi connectivity index (χ2v) is 15.3. The summed E-state index contributed by atoms with van der Waals surface area (Å²) >= 11 is 0. The van der Waals surface area contributed by atoms with Crippen LogP contribution in [0.4, 0.5) is 0 Å². The van der Waals surface area contributed by atoms with Gasteiger partial charge < -0.3 is 0 Å². The van der Waals surface area contributed by atoms with Crippen LogP contribution < -0.4 is 0 Å². The molecule has 0 bridgehead atoms. The van der Waals surface area contributed by atoms with Crippen molar-refractivity contribution >= 4 is 10.9 Å². The predicted octanol–water partition coefficient (Wildman–Crippen LogP) is 13.1. The first-order chi connectivity index (χ1) is 29.2. The van der Waals surface area contributed by atoms with E-state index in [9.17, 15) is 0 Å². The standard InChI is InChI=1S/C55H34N4/c1-4-17-35(18-5-1)43-33-50(38-23-16-24-39(31-38)54-58-52(36-19-6-2-7-20-36)57-53(59-54)37-21-8-3-9-22-37)56-51-34-49-44(32-45(43)51)42-27-12-15-30-48(42)55(49)46-28-13-10-25-40(46)41-26-11-14-29-47(41)55/h1-34H. The van der Waals surface area contributed by atoms with Gasteiger partial charge in [-0.15, -0.1) is 0 Å². The summed E-state index contributed by atoms with van der Waals surface area (Å²) in [5.74, 6) is 1.88. The third-order valence-corrected chi connectivity index (χ3v) is 12.1. The van der Waals surface area contributed by atoms with E-state index in [1.165, 1.54) is 44.5 Å². The summed E-state index contributed by atoms with van der Waals surface area (Å²) < 4.78 is 0. The molecule has 2 aromatic heterocycles. The molecule has 2 heterocycles. The third-order valence-electron chi connectivity index (χ3n) is 12.1. The Bertz CT molecular complexity index is 3160. The van der Waals surface area contributed by atoms with Gasteiger partial charge in [0, 0.05) is 27.6 Å². The summed E-state index contributed by atoms with van der Waals surface area (Å²) in [5.41, 5.74) is 17.8. The third kappa shape index (κ3) is 5.10. The molecule has 0 saturated heterocycles. The number of hydrogen-bond donors (Lipinski definition) is 0. The molecule has 0 unspecified atom stereocenters. The lowest BCUT2D eigenvalue weighted by atomic mass is 9.70. The highest BCUT2D eigenvalue weighted by Gasteiger charge is 2.51. The van der Waals surface area contributed by atoms with Gasteiger partial charge in [0.25, 0.3) is 0 Å². The van der Waals surface area contributed by atoms with Crippen molar-refractivity contribution in [2.75, 3.05) is 0 Å². The van der Waals surface area contributed by atoms with Crippen LogP contribution >= 0.6 is 0 Å². The van der Waals surface area contributed by atoms with Crippen molar-refractivity contribution in [2.45, 2.75) is 5.41 Å². The predicted molar refractivity (Wildman–Crippen MR) is 239 cm³/mol. The molecule has 8 aromatic carbocycles. The van der Waals surface area contributed by atoms with E-state index in [-0.39, 0.29) is 0 Å². The second-order valence-electron chi connectivity index (χ2n) is 15.3. The molecule has 0 N–H and O–H groups in total. The summed E-state index contributed by atoms with van der Waals surface area (Å²) in [6.07, 6.45) is 0. The van der Waals surface area contributed by atoms with Gasteiger partial charge in [-0.05, 0) is 79.9 Å². The Hall–Kier alpha value is -7.82. The van der Waals surface area contributed by atoms with Crippen molar-refractivity contribution in [3.63, 3.8) is 0 Å². The molecule has 1 spiro atoms. The molecule has 2 aliphatic rings. The summed E-state index contributed by atoms with van der Waals surface area (Å²) in [7, 11) is 0. The Morgan fingerprint density at radius 1 is 0.271 bits per heavy atom. The van der Waals surface area contributed by atoms with Gasteiger partial charge in [-0.3, -0.25) is 0 Å². The molecule has 0 amide bonds. The lowest BCUT2D eigenvalue weighted by molar-refractivity contribution is 0.794. The van der Waals surface area contributed by atoms with Crippen molar-refractivity contribution in [1.82, 2.24) is 19.9 Å². The topological polar surface area (TPSA) is 51.6 Å². The summed E-state index contributed by atoms with van der Waals surface area (Å²) in [4.78, 5) is 20.6. The molecule has 0 atom stereocenters. The number of nitrogens with zero attached hydrogens (tertiary/aromatic N) is 4. The van der Waals surface area contributed by atoms with Crippen LogP contribution in [0.5, 0.6) is 0 Å². The van der Waals surface area contributed by atoms with Crippen LogP contribution in [-0.2, 0) is 5.41 Å². The Labute approximate surface area is 342 Å². The highest BCUT2D eigenvalue weighted by Crippen LogP contribution is 2.63. The van der Waals surface area contributed by atoms with E-state index in [2.05, 4.69) is 146 Å². The number of pyridine rings is 1. The van der Waals surface area contributed by atoms with Crippen LogP contribution in [0.3, 0.4) is 0 Å². The first-order valence-electron chi connectivity index (χ1n) is 20.1. The molecule has 0 aliphatic heterocycles. The van der Waals surface area contributed by atoms with E-state index in [0.29, 0.717) is 17.5 Å². The summed E-state index contributed by atoms with van der Waals surface area (Å²) in [6, 6.07) is 73.3. The van der Waals surface area contributed by atoms with Crippen LogP contribution in [0.15, 0.2) is 206 Å². The molecule has 274 valence electrons. The maximum Gasteiger partial charge on any atom is 0.164 e. The maximum absolute atomic E-state index is 5.55.